The Kier molecular flexibility index (Phi) is 5.46. The van der Waals surface area contributed by atoms with Crippen LogP contribution in [0, 0.1) is 6.92 Å². The lowest BCUT2D eigenvalue weighted by Gasteiger charge is -2.23. The Morgan fingerprint density at radius 3 is 2.40 bits per heavy atom. The first kappa shape index (κ1) is 18.5. The van der Waals surface area contributed by atoms with E-state index in [1.165, 1.54) is 0 Å². The average Bonchev–Trinajstić information content (AvgIpc) is 2.87. The second kappa shape index (κ2) is 7.38. The summed E-state index contributed by atoms with van der Waals surface area (Å²) in [5, 5.41) is 12.5. The van der Waals surface area contributed by atoms with Crippen LogP contribution < -0.4 is 16.0 Å². The minimum Gasteiger partial charge on any atom is -0.350 e. The van der Waals surface area contributed by atoms with Crippen LogP contribution in [0.3, 0.4) is 0 Å². The number of amides is 3. The number of aromatic nitrogens is 2. The highest BCUT2D eigenvalue weighted by Gasteiger charge is 2.21. The lowest BCUT2D eigenvalue weighted by molar-refractivity contribution is -0.123. The lowest BCUT2D eigenvalue weighted by atomic mass is 10.1. The van der Waals surface area contributed by atoms with Gasteiger partial charge in [-0.1, -0.05) is 18.2 Å². The fraction of sp³-hybridized carbons (Fsp3) is 0.389. The van der Waals surface area contributed by atoms with Crippen LogP contribution in [0.25, 0.3) is 5.69 Å². The molecule has 0 bridgehead atoms. The molecule has 0 saturated carbocycles. The number of carbonyl (C=O) groups excluding carboxylic acids is 2. The molecule has 7 nitrogen and oxygen atoms in total. The smallest absolute Gasteiger partial charge is 0.321 e. The molecule has 3 amide bonds. The summed E-state index contributed by atoms with van der Waals surface area (Å²) in [5.74, 6) is 0.207. The van der Waals surface area contributed by atoms with Crippen molar-refractivity contribution < 1.29 is 9.59 Å². The van der Waals surface area contributed by atoms with E-state index < -0.39 is 12.1 Å². The third-order valence-electron chi connectivity index (χ3n) is 3.39. The molecule has 2 rings (SSSR count). The third kappa shape index (κ3) is 5.34. The molecule has 0 aliphatic heterocycles. The van der Waals surface area contributed by atoms with Gasteiger partial charge in [0.15, 0.2) is 5.82 Å². The predicted molar refractivity (Wildman–Crippen MR) is 97.8 cm³/mol. The number of carbonyl (C=O) groups is 2. The molecule has 25 heavy (non-hydrogen) atoms. The van der Waals surface area contributed by atoms with E-state index in [0.717, 1.165) is 11.3 Å². The molecular weight excluding hydrogens is 318 g/mol. The molecule has 0 spiro atoms. The van der Waals surface area contributed by atoms with E-state index in [-0.39, 0.29) is 11.4 Å². The van der Waals surface area contributed by atoms with Crippen molar-refractivity contribution in [1.29, 1.82) is 0 Å². The third-order valence-corrected chi connectivity index (χ3v) is 3.39. The Morgan fingerprint density at radius 1 is 1.16 bits per heavy atom. The average molecular weight is 343 g/mol. The topological polar surface area (TPSA) is 88.1 Å². The molecule has 0 aliphatic rings. The fourth-order valence-corrected chi connectivity index (χ4v) is 2.18. The van der Waals surface area contributed by atoms with Crippen LogP contribution in [0.5, 0.6) is 0 Å². The molecule has 2 aromatic rings. The SMILES string of the molecule is Cc1cn(-c2ccccc2)nc1NC(=O)NC(C)C(=O)NC(C)(C)C. The van der Waals surface area contributed by atoms with Crippen molar-refractivity contribution in [2.24, 2.45) is 0 Å². The zero-order chi connectivity index (χ0) is 18.6. The van der Waals surface area contributed by atoms with Gasteiger partial charge in [-0.2, -0.15) is 0 Å². The number of rotatable bonds is 4. The maximum atomic E-state index is 12.1. The van der Waals surface area contributed by atoms with Crippen LogP contribution in [0.2, 0.25) is 0 Å². The summed E-state index contributed by atoms with van der Waals surface area (Å²) in [6, 6.07) is 8.48. The van der Waals surface area contributed by atoms with E-state index in [2.05, 4.69) is 21.0 Å². The van der Waals surface area contributed by atoms with Crippen LogP contribution in [-0.4, -0.2) is 33.3 Å². The molecule has 3 N–H and O–H groups in total. The summed E-state index contributed by atoms with van der Waals surface area (Å²) in [7, 11) is 0. The first-order valence-corrected chi connectivity index (χ1v) is 8.17. The van der Waals surface area contributed by atoms with Crippen LogP contribution in [0.15, 0.2) is 36.5 Å². The van der Waals surface area contributed by atoms with Crippen molar-refractivity contribution in [3.05, 3.63) is 42.1 Å². The van der Waals surface area contributed by atoms with Gasteiger partial charge in [0.2, 0.25) is 5.91 Å². The van der Waals surface area contributed by atoms with Crippen LogP contribution >= 0.6 is 0 Å². The molecule has 0 fully saturated rings. The molecule has 134 valence electrons. The minimum absolute atomic E-state index is 0.241. The Hall–Kier alpha value is -2.83. The van der Waals surface area contributed by atoms with Gasteiger partial charge in [0.05, 0.1) is 5.69 Å². The predicted octanol–water partition coefficient (Wildman–Crippen LogP) is 2.61. The highest BCUT2D eigenvalue weighted by Crippen LogP contribution is 2.15. The Labute approximate surface area is 147 Å². The van der Waals surface area contributed by atoms with Crippen LogP contribution in [-0.2, 0) is 4.79 Å². The number of nitrogens with one attached hydrogen (secondary N) is 3. The Balaban J connectivity index is 1.99. The van der Waals surface area contributed by atoms with Gasteiger partial charge in [-0.25, -0.2) is 9.48 Å². The number of hydrogen-bond acceptors (Lipinski definition) is 3. The molecule has 0 radical (unpaired) electrons. The number of urea groups is 1. The molecule has 0 aliphatic carbocycles. The number of nitrogens with zero attached hydrogens (tertiary/aromatic N) is 2. The number of para-hydroxylation sites is 1. The molecule has 1 unspecified atom stereocenters. The van der Waals surface area contributed by atoms with E-state index in [1.54, 1.807) is 11.6 Å². The number of hydrogen-bond donors (Lipinski definition) is 3. The monoisotopic (exact) mass is 343 g/mol. The van der Waals surface area contributed by atoms with Crippen molar-refractivity contribution in [1.82, 2.24) is 20.4 Å². The normalized spacial score (nSPS) is 12.4. The van der Waals surface area contributed by atoms with E-state index in [0.29, 0.717) is 5.82 Å². The van der Waals surface area contributed by atoms with Gasteiger partial charge in [0, 0.05) is 17.3 Å². The van der Waals surface area contributed by atoms with E-state index in [1.807, 2.05) is 64.2 Å². The summed E-state index contributed by atoms with van der Waals surface area (Å²) in [4.78, 5) is 24.2. The highest BCUT2D eigenvalue weighted by molar-refractivity contribution is 5.93. The molecule has 0 saturated heterocycles. The molecular formula is C18H25N5O2. The highest BCUT2D eigenvalue weighted by atomic mass is 16.2. The zero-order valence-electron chi connectivity index (χ0n) is 15.3. The largest absolute Gasteiger partial charge is 0.350 e. The van der Waals surface area contributed by atoms with Crippen molar-refractivity contribution in [2.45, 2.75) is 46.2 Å². The van der Waals surface area contributed by atoms with Gasteiger partial charge in [0.1, 0.15) is 6.04 Å². The summed E-state index contributed by atoms with van der Waals surface area (Å²) in [6.07, 6.45) is 1.83. The van der Waals surface area contributed by atoms with E-state index >= 15 is 0 Å². The summed E-state index contributed by atoms with van der Waals surface area (Å²) >= 11 is 0. The van der Waals surface area contributed by atoms with Crippen molar-refractivity contribution in [3.63, 3.8) is 0 Å². The summed E-state index contributed by atoms with van der Waals surface area (Å²) in [5.41, 5.74) is 1.37. The van der Waals surface area contributed by atoms with Crippen molar-refractivity contribution in [3.8, 4) is 5.69 Å². The molecule has 1 atom stereocenters. The quantitative estimate of drug-likeness (QED) is 0.797. The minimum atomic E-state index is -0.657. The molecule has 1 aromatic heterocycles. The Morgan fingerprint density at radius 2 is 1.80 bits per heavy atom. The second-order valence-corrected chi connectivity index (χ2v) is 7.00. The van der Waals surface area contributed by atoms with Crippen LogP contribution in [0.4, 0.5) is 10.6 Å². The van der Waals surface area contributed by atoms with E-state index in [4.69, 9.17) is 0 Å². The summed E-state index contributed by atoms with van der Waals surface area (Å²) < 4.78 is 1.70. The van der Waals surface area contributed by atoms with Gasteiger partial charge < -0.3 is 10.6 Å². The van der Waals surface area contributed by atoms with Gasteiger partial charge >= 0.3 is 6.03 Å². The van der Waals surface area contributed by atoms with Crippen molar-refractivity contribution in [2.75, 3.05) is 5.32 Å². The number of aryl methyl sites for hydroxylation is 1. The summed E-state index contributed by atoms with van der Waals surface area (Å²) in [6.45, 7) is 9.15. The second-order valence-electron chi connectivity index (χ2n) is 7.00. The molecule has 1 aromatic carbocycles. The number of anilines is 1. The maximum Gasteiger partial charge on any atom is 0.321 e. The maximum absolute atomic E-state index is 12.1. The van der Waals surface area contributed by atoms with E-state index in [9.17, 15) is 9.59 Å². The zero-order valence-corrected chi connectivity index (χ0v) is 15.3. The first-order valence-electron chi connectivity index (χ1n) is 8.17. The van der Waals surface area contributed by atoms with Crippen molar-refractivity contribution >= 4 is 17.8 Å². The fourth-order valence-electron chi connectivity index (χ4n) is 2.18. The molecule has 1 heterocycles. The first-order chi connectivity index (χ1) is 11.7. The number of benzene rings is 1. The lowest BCUT2D eigenvalue weighted by Crippen LogP contribution is -2.51. The van der Waals surface area contributed by atoms with Gasteiger partial charge in [0.25, 0.3) is 0 Å². The molecule has 7 heteroatoms. The Bertz CT molecular complexity index is 747. The van der Waals surface area contributed by atoms with Gasteiger partial charge in [-0.3, -0.25) is 10.1 Å². The standard InChI is InChI=1S/C18H25N5O2/c1-12-11-23(14-9-7-6-8-10-14)22-15(12)20-17(25)19-13(2)16(24)21-18(3,4)5/h6-11,13H,1-5H3,(H,21,24)(H2,19,20,22,25). The van der Waals surface area contributed by atoms with Crippen LogP contribution in [0.1, 0.15) is 33.3 Å². The van der Waals surface area contributed by atoms with Gasteiger partial charge in [-0.15, -0.1) is 5.10 Å². The van der Waals surface area contributed by atoms with Gasteiger partial charge in [-0.05, 0) is 46.8 Å².